The summed E-state index contributed by atoms with van der Waals surface area (Å²) in [6.45, 7) is 4.24. The predicted octanol–water partition coefficient (Wildman–Crippen LogP) is 4.28. The molecule has 1 fully saturated rings. The lowest BCUT2D eigenvalue weighted by atomic mass is 10.0. The van der Waals surface area contributed by atoms with Crippen LogP contribution >= 0.6 is 11.6 Å². The van der Waals surface area contributed by atoms with Crippen LogP contribution in [0.4, 0.5) is 19.0 Å². The van der Waals surface area contributed by atoms with Gasteiger partial charge < -0.3 is 15.0 Å². The molecule has 0 radical (unpaired) electrons. The van der Waals surface area contributed by atoms with Gasteiger partial charge >= 0.3 is 6.18 Å². The number of anilines is 1. The second-order valence-corrected chi connectivity index (χ2v) is 8.85. The molecule has 1 aromatic carbocycles. The van der Waals surface area contributed by atoms with Gasteiger partial charge in [0, 0.05) is 36.9 Å². The van der Waals surface area contributed by atoms with E-state index in [1.807, 2.05) is 26.0 Å². The fourth-order valence-electron chi connectivity index (χ4n) is 4.07. The number of nitrogens with zero attached hydrogens (tertiary/aromatic N) is 5. The molecule has 2 aromatic heterocycles. The van der Waals surface area contributed by atoms with Crippen LogP contribution in [0.5, 0.6) is 0 Å². The fourth-order valence-corrected chi connectivity index (χ4v) is 4.20. The van der Waals surface area contributed by atoms with Crippen LogP contribution in [0.1, 0.15) is 30.0 Å². The number of carbonyl (C=O) groups excluding carboxylic acids is 1. The molecule has 35 heavy (non-hydrogen) atoms. The maximum Gasteiger partial charge on any atom is 0.434 e. The third-order valence-corrected chi connectivity index (χ3v) is 5.98. The monoisotopic (exact) mass is 508 g/mol. The molecule has 1 amide bonds. The van der Waals surface area contributed by atoms with Crippen molar-refractivity contribution >= 4 is 23.3 Å². The summed E-state index contributed by atoms with van der Waals surface area (Å²) in [4.78, 5) is 22.6. The minimum Gasteiger partial charge on any atom is -0.372 e. The standard InChI is InChI=1S/C23H24ClF3N6O2/c1-13-11-33(22(34)21-17(12-32(3)31-21)15-4-6-16(24)7-5-15)18(14(2)35-13)8-29-20-10-28-19(9-30-20)23(25,26)27/h4-7,9-10,12-14,18H,8,11H2,1-3H3,(H,29,30)/t13-,14+,18-/m1/s1. The Balaban J connectivity index is 1.57. The largest absolute Gasteiger partial charge is 0.434 e. The Morgan fingerprint density at radius 2 is 1.91 bits per heavy atom. The summed E-state index contributed by atoms with van der Waals surface area (Å²) in [5, 5.41) is 7.98. The first-order valence-electron chi connectivity index (χ1n) is 10.9. The van der Waals surface area contributed by atoms with E-state index >= 15 is 0 Å². The molecule has 3 atom stereocenters. The van der Waals surface area contributed by atoms with E-state index in [9.17, 15) is 18.0 Å². The van der Waals surface area contributed by atoms with Crippen LogP contribution in [0, 0.1) is 0 Å². The SMILES string of the molecule is C[C@@H]1CN(C(=O)c2nn(C)cc2-c2ccc(Cl)cc2)[C@H](CNc2cnc(C(F)(F)F)cn2)[C@H](C)O1. The van der Waals surface area contributed by atoms with E-state index in [4.69, 9.17) is 16.3 Å². The number of morpholine rings is 1. The number of rotatable bonds is 5. The summed E-state index contributed by atoms with van der Waals surface area (Å²) in [5.74, 6) is -0.112. The Morgan fingerprint density at radius 3 is 2.54 bits per heavy atom. The van der Waals surface area contributed by atoms with E-state index in [0.717, 1.165) is 11.8 Å². The van der Waals surface area contributed by atoms with Gasteiger partial charge in [0.2, 0.25) is 0 Å². The quantitative estimate of drug-likeness (QED) is 0.554. The number of benzene rings is 1. The lowest BCUT2D eigenvalue weighted by Gasteiger charge is -2.42. The molecule has 1 saturated heterocycles. The normalized spacial score (nSPS) is 20.7. The van der Waals surface area contributed by atoms with Crippen molar-refractivity contribution in [3.05, 3.63) is 59.3 Å². The zero-order chi connectivity index (χ0) is 25.3. The van der Waals surface area contributed by atoms with Crippen molar-refractivity contribution in [1.29, 1.82) is 0 Å². The summed E-state index contributed by atoms with van der Waals surface area (Å²) >= 11 is 6.01. The Labute approximate surface area is 205 Å². The van der Waals surface area contributed by atoms with Crippen molar-refractivity contribution in [3.63, 3.8) is 0 Å². The molecule has 12 heteroatoms. The van der Waals surface area contributed by atoms with Crippen LogP contribution < -0.4 is 5.32 Å². The van der Waals surface area contributed by atoms with E-state index in [2.05, 4.69) is 20.4 Å². The molecule has 8 nitrogen and oxygen atoms in total. The average molecular weight is 509 g/mol. The number of aromatic nitrogens is 4. The van der Waals surface area contributed by atoms with Crippen molar-refractivity contribution in [2.75, 3.05) is 18.4 Å². The van der Waals surface area contributed by atoms with Crippen molar-refractivity contribution in [2.45, 2.75) is 38.3 Å². The van der Waals surface area contributed by atoms with Crippen LogP contribution in [0.15, 0.2) is 42.9 Å². The Bertz CT molecular complexity index is 1180. The number of hydrogen-bond acceptors (Lipinski definition) is 6. The Hall–Kier alpha value is -3.18. The molecule has 4 rings (SSSR count). The van der Waals surface area contributed by atoms with Crippen molar-refractivity contribution in [3.8, 4) is 11.1 Å². The number of ether oxygens (including phenoxy) is 1. The van der Waals surface area contributed by atoms with Gasteiger partial charge in [0.05, 0.1) is 30.6 Å². The average Bonchev–Trinajstić information content (AvgIpc) is 3.19. The van der Waals surface area contributed by atoms with E-state index < -0.39 is 17.9 Å². The summed E-state index contributed by atoms with van der Waals surface area (Å²) in [6.07, 6.45) is -1.67. The van der Waals surface area contributed by atoms with Gasteiger partial charge in [0.15, 0.2) is 11.4 Å². The van der Waals surface area contributed by atoms with Gasteiger partial charge in [-0.25, -0.2) is 9.97 Å². The highest BCUT2D eigenvalue weighted by Crippen LogP contribution is 2.29. The molecule has 0 spiro atoms. The highest BCUT2D eigenvalue weighted by atomic mass is 35.5. The zero-order valence-corrected chi connectivity index (χ0v) is 20.0. The lowest BCUT2D eigenvalue weighted by Crippen LogP contribution is -2.58. The smallest absolute Gasteiger partial charge is 0.372 e. The second-order valence-electron chi connectivity index (χ2n) is 8.41. The molecule has 3 aromatic rings. The number of hydrogen-bond donors (Lipinski definition) is 1. The highest BCUT2D eigenvalue weighted by molar-refractivity contribution is 6.30. The van der Waals surface area contributed by atoms with Crippen molar-refractivity contribution < 1.29 is 22.7 Å². The number of nitrogens with one attached hydrogen (secondary N) is 1. The van der Waals surface area contributed by atoms with E-state index in [0.29, 0.717) is 23.3 Å². The maximum absolute atomic E-state index is 13.7. The highest BCUT2D eigenvalue weighted by Gasteiger charge is 2.38. The van der Waals surface area contributed by atoms with Crippen LogP contribution in [0.2, 0.25) is 5.02 Å². The Morgan fingerprint density at radius 1 is 1.20 bits per heavy atom. The van der Waals surface area contributed by atoms with E-state index in [1.54, 1.807) is 35.0 Å². The lowest BCUT2D eigenvalue weighted by molar-refractivity contribution is -0.141. The van der Waals surface area contributed by atoms with Crippen LogP contribution in [-0.4, -0.2) is 61.9 Å². The summed E-state index contributed by atoms with van der Waals surface area (Å²) in [6, 6.07) is 6.71. The fraction of sp³-hybridized carbons (Fsp3) is 0.391. The number of alkyl halides is 3. The number of amides is 1. The van der Waals surface area contributed by atoms with Crippen molar-refractivity contribution in [2.24, 2.45) is 7.05 Å². The van der Waals surface area contributed by atoms with Crippen LogP contribution in [0.25, 0.3) is 11.1 Å². The first-order chi connectivity index (χ1) is 16.5. The van der Waals surface area contributed by atoms with Gasteiger partial charge in [-0.15, -0.1) is 0 Å². The second kappa shape index (κ2) is 9.82. The molecule has 0 unspecified atom stereocenters. The predicted molar refractivity (Wildman–Crippen MR) is 124 cm³/mol. The third kappa shape index (κ3) is 5.57. The molecule has 0 bridgehead atoms. The maximum atomic E-state index is 13.7. The minimum atomic E-state index is -4.57. The van der Waals surface area contributed by atoms with Gasteiger partial charge in [0.25, 0.3) is 5.91 Å². The van der Waals surface area contributed by atoms with Gasteiger partial charge in [-0.1, -0.05) is 23.7 Å². The summed E-state index contributed by atoms with van der Waals surface area (Å²) in [7, 11) is 1.74. The molecular formula is C23H24ClF3N6O2. The molecule has 1 N–H and O–H groups in total. The third-order valence-electron chi connectivity index (χ3n) is 5.72. The first kappa shape index (κ1) is 24.9. The molecule has 1 aliphatic rings. The molecular weight excluding hydrogens is 485 g/mol. The first-order valence-corrected chi connectivity index (χ1v) is 11.3. The molecule has 1 aliphatic heterocycles. The molecule has 186 valence electrons. The van der Waals surface area contributed by atoms with E-state index in [-0.39, 0.29) is 36.2 Å². The minimum absolute atomic E-state index is 0.163. The Kier molecular flexibility index (Phi) is 7.00. The van der Waals surface area contributed by atoms with Crippen LogP contribution in [0.3, 0.4) is 0 Å². The molecule has 0 aliphatic carbocycles. The summed E-state index contributed by atoms with van der Waals surface area (Å²) in [5.41, 5.74) is 0.680. The molecule has 0 saturated carbocycles. The van der Waals surface area contributed by atoms with E-state index in [1.165, 1.54) is 0 Å². The van der Waals surface area contributed by atoms with Crippen molar-refractivity contribution in [1.82, 2.24) is 24.6 Å². The molecule has 3 heterocycles. The van der Waals surface area contributed by atoms with Crippen LogP contribution in [-0.2, 0) is 18.0 Å². The number of halogens is 4. The van der Waals surface area contributed by atoms with Gasteiger partial charge in [-0.05, 0) is 31.5 Å². The van der Waals surface area contributed by atoms with Gasteiger partial charge in [0.1, 0.15) is 5.82 Å². The zero-order valence-electron chi connectivity index (χ0n) is 19.3. The number of aryl methyl sites for hydroxylation is 1. The summed E-state index contributed by atoms with van der Waals surface area (Å²) < 4.78 is 45.8. The van der Waals surface area contributed by atoms with Gasteiger partial charge in [-0.2, -0.15) is 18.3 Å². The number of carbonyl (C=O) groups is 1. The van der Waals surface area contributed by atoms with Gasteiger partial charge in [-0.3, -0.25) is 9.48 Å². The topological polar surface area (TPSA) is 85.2 Å².